The Hall–Kier alpha value is -0.170. The molecule has 0 saturated carbocycles. The summed E-state index contributed by atoms with van der Waals surface area (Å²) < 4.78 is 7.35. The molecule has 1 fully saturated rings. The Bertz CT molecular complexity index is 408. The van der Waals surface area contributed by atoms with Crippen molar-refractivity contribution in [1.29, 1.82) is 0 Å². The van der Waals surface area contributed by atoms with Gasteiger partial charge in [0, 0.05) is 22.7 Å². The third-order valence-electron chi connectivity index (χ3n) is 4.00. The van der Waals surface area contributed by atoms with E-state index in [4.69, 9.17) is 4.74 Å². The van der Waals surface area contributed by atoms with Gasteiger partial charge in [-0.2, -0.15) is 0 Å². The number of hydrogen-bond acceptors (Lipinski definition) is 3. The molecule has 4 heteroatoms. The van der Waals surface area contributed by atoms with Crippen molar-refractivity contribution < 1.29 is 4.74 Å². The van der Waals surface area contributed by atoms with Crippen LogP contribution in [-0.2, 0) is 11.2 Å². The Morgan fingerprint density at radius 1 is 1.33 bits per heavy atom. The maximum absolute atomic E-state index is 6.06. The van der Waals surface area contributed by atoms with E-state index in [0.29, 0.717) is 12.1 Å². The Morgan fingerprint density at radius 3 is 2.76 bits per heavy atom. The van der Waals surface area contributed by atoms with Crippen LogP contribution in [-0.4, -0.2) is 49.8 Å². The average Bonchev–Trinajstić information content (AvgIpc) is 2.50. The zero-order valence-corrected chi connectivity index (χ0v) is 15.3. The minimum absolute atomic E-state index is 0.296. The minimum atomic E-state index is 0.296. The lowest BCUT2D eigenvalue weighted by atomic mass is 10.00. The minimum Gasteiger partial charge on any atom is -0.374 e. The van der Waals surface area contributed by atoms with Crippen molar-refractivity contribution in [3.8, 4) is 0 Å². The van der Waals surface area contributed by atoms with E-state index in [1.165, 1.54) is 22.1 Å². The predicted molar refractivity (Wildman–Crippen MR) is 96.8 cm³/mol. The molecular formula is C17H27IN2O. The number of halogens is 1. The lowest BCUT2D eigenvalue weighted by Crippen LogP contribution is -2.53. The number of ether oxygens (including phenoxy) is 1. The van der Waals surface area contributed by atoms with Crippen LogP contribution < -0.4 is 5.32 Å². The van der Waals surface area contributed by atoms with Crippen LogP contribution in [0.1, 0.15) is 25.8 Å². The molecule has 0 bridgehead atoms. The highest BCUT2D eigenvalue weighted by atomic mass is 127. The molecule has 1 N–H and O–H groups in total. The van der Waals surface area contributed by atoms with Gasteiger partial charge in [0.05, 0.1) is 12.7 Å². The highest BCUT2D eigenvalue weighted by Crippen LogP contribution is 2.15. The standard InChI is InChI=1S/C17H27IN2O/c1-3-9-20-10-11-21-17(13-20)16(19-4-2)12-14-5-7-15(18)8-6-14/h5-8,16-17,19H,3-4,9-13H2,1-2H3. The van der Waals surface area contributed by atoms with Gasteiger partial charge >= 0.3 is 0 Å². The second-order valence-electron chi connectivity index (χ2n) is 5.70. The molecule has 2 rings (SSSR count). The summed E-state index contributed by atoms with van der Waals surface area (Å²) in [7, 11) is 0. The van der Waals surface area contributed by atoms with Gasteiger partial charge in [-0.25, -0.2) is 0 Å². The molecule has 0 aliphatic carbocycles. The first-order chi connectivity index (χ1) is 10.2. The Kier molecular flexibility index (Phi) is 7.43. The average molecular weight is 402 g/mol. The topological polar surface area (TPSA) is 24.5 Å². The molecule has 0 spiro atoms. The fourth-order valence-electron chi connectivity index (χ4n) is 2.97. The summed E-state index contributed by atoms with van der Waals surface area (Å²) in [6.07, 6.45) is 2.55. The van der Waals surface area contributed by atoms with Gasteiger partial charge in [0.25, 0.3) is 0 Å². The van der Waals surface area contributed by atoms with Crippen molar-refractivity contribution in [2.24, 2.45) is 0 Å². The van der Waals surface area contributed by atoms with Gasteiger partial charge < -0.3 is 10.1 Å². The summed E-state index contributed by atoms with van der Waals surface area (Å²) in [5.74, 6) is 0. The zero-order chi connectivity index (χ0) is 15.1. The van der Waals surface area contributed by atoms with Crippen LogP contribution in [0.4, 0.5) is 0 Å². The Balaban J connectivity index is 1.98. The number of morpholine rings is 1. The normalized spacial score (nSPS) is 21.4. The third kappa shape index (κ3) is 5.51. The smallest absolute Gasteiger partial charge is 0.0858 e. The molecule has 1 aliphatic heterocycles. The van der Waals surface area contributed by atoms with Gasteiger partial charge in [-0.1, -0.05) is 26.0 Å². The molecule has 1 heterocycles. The fraction of sp³-hybridized carbons (Fsp3) is 0.647. The van der Waals surface area contributed by atoms with E-state index in [1.54, 1.807) is 0 Å². The van der Waals surface area contributed by atoms with Gasteiger partial charge in [0.2, 0.25) is 0 Å². The number of hydrogen-bond donors (Lipinski definition) is 1. The van der Waals surface area contributed by atoms with E-state index >= 15 is 0 Å². The summed E-state index contributed by atoms with van der Waals surface area (Å²) in [6.45, 7) is 9.58. The highest BCUT2D eigenvalue weighted by Gasteiger charge is 2.27. The van der Waals surface area contributed by atoms with Gasteiger partial charge in [0.15, 0.2) is 0 Å². The largest absolute Gasteiger partial charge is 0.374 e. The molecule has 3 nitrogen and oxygen atoms in total. The molecular weight excluding hydrogens is 375 g/mol. The Labute approximate surface area is 142 Å². The van der Waals surface area contributed by atoms with Gasteiger partial charge in [-0.15, -0.1) is 0 Å². The molecule has 0 aromatic heterocycles. The number of rotatable bonds is 7. The summed E-state index contributed by atoms with van der Waals surface area (Å²) in [5.41, 5.74) is 1.39. The molecule has 1 aromatic carbocycles. The van der Waals surface area contributed by atoms with Crippen molar-refractivity contribution in [2.45, 2.75) is 38.8 Å². The van der Waals surface area contributed by atoms with Crippen LogP contribution in [0.25, 0.3) is 0 Å². The molecule has 2 atom stereocenters. The van der Waals surface area contributed by atoms with Crippen LogP contribution in [0.15, 0.2) is 24.3 Å². The van der Waals surface area contributed by atoms with Crippen molar-refractivity contribution >= 4 is 22.6 Å². The highest BCUT2D eigenvalue weighted by molar-refractivity contribution is 14.1. The first-order valence-electron chi connectivity index (χ1n) is 8.04. The van der Waals surface area contributed by atoms with E-state index in [1.807, 2.05) is 0 Å². The van der Waals surface area contributed by atoms with E-state index in [2.05, 4.69) is 70.9 Å². The fourth-order valence-corrected chi connectivity index (χ4v) is 3.33. The van der Waals surface area contributed by atoms with Crippen LogP contribution in [0.3, 0.4) is 0 Å². The van der Waals surface area contributed by atoms with Gasteiger partial charge in [-0.05, 0) is 66.2 Å². The molecule has 0 radical (unpaired) electrons. The molecule has 2 unspecified atom stereocenters. The lowest BCUT2D eigenvalue weighted by molar-refractivity contribution is -0.0459. The predicted octanol–water partition coefficient (Wildman–Crippen LogP) is 2.92. The summed E-state index contributed by atoms with van der Waals surface area (Å²) >= 11 is 2.35. The SMILES string of the molecule is CCCN1CCOC(C(Cc2ccc(I)cc2)NCC)C1. The second-order valence-corrected chi connectivity index (χ2v) is 6.95. The number of likely N-dealkylation sites (N-methyl/N-ethyl adjacent to an activating group) is 1. The summed E-state index contributed by atoms with van der Waals surface area (Å²) in [4.78, 5) is 2.53. The monoisotopic (exact) mass is 402 g/mol. The Morgan fingerprint density at radius 2 is 2.10 bits per heavy atom. The van der Waals surface area contributed by atoms with Gasteiger partial charge in [0.1, 0.15) is 0 Å². The number of nitrogens with one attached hydrogen (secondary N) is 1. The first kappa shape index (κ1) is 17.2. The van der Waals surface area contributed by atoms with Crippen molar-refractivity contribution in [3.05, 3.63) is 33.4 Å². The maximum atomic E-state index is 6.06. The van der Waals surface area contributed by atoms with Gasteiger partial charge in [-0.3, -0.25) is 4.90 Å². The molecule has 21 heavy (non-hydrogen) atoms. The molecule has 0 amide bonds. The van der Waals surface area contributed by atoms with Crippen LogP contribution in [0.2, 0.25) is 0 Å². The van der Waals surface area contributed by atoms with Crippen molar-refractivity contribution in [1.82, 2.24) is 10.2 Å². The molecule has 1 aliphatic rings. The number of nitrogens with zero attached hydrogens (tertiary/aromatic N) is 1. The van der Waals surface area contributed by atoms with Crippen molar-refractivity contribution in [3.63, 3.8) is 0 Å². The van der Waals surface area contributed by atoms with Crippen LogP contribution in [0.5, 0.6) is 0 Å². The molecule has 118 valence electrons. The number of benzene rings is 1. The third-order valence-corrected chi connectivity index (χ3v) is 4.72. The lowest BCUT2D eigenvalue weighted by Gasteiger charge is -2.37. The molecule has 1 saturated heterocycles. The maximum Gasteiger partial charge on any atom is 0.0858 e. The first-order valence-corrected chi connectivity index (χ1v) is 9.12. The van der Waals surface area contributed by atoms with E-state index < -0.39 is 0 Å². The van der Waals surface area contributed by atoms with Crippen LogP contribution in [0, 0.1) is 3.57 Å². The summed E-state index contributed by atoms with van der Waals surface area (Å²) in [6, 6.07) is 9.24. The van der Waals surface area contributed by atoms with E-state index in [0.717, 1.165) is 32.7 Å². The molecule has 1 aromatic rings. The van der Waals surface area contributed by atoms with Crippen LogP contribution >= 0.6 is 22.6 Å². The quantitative estimate of drug-likeness (QED) is 0.710. The van der Waals surface area contributed by atoms with Crippen molar-refractivity contribution in [2.75, 3.05) is 32.8 Å². The second kappa shape index (κ2) is 9.08. The van der Waals surface area contributed by atoms with E-state index in [9.17, 15) is 0 Å². The zero-order valence-electron chi connectivity index (χ0n) is 13.1. The summed E-state index contributed by atoms with van der Waals surface area (Å²) in [5, 5.41) is 3.62. The van der Waals surface area contributed by atoms with E-state index in [-0.39, 0.29) is 0 Å².